The number of nitrogens with zero attached hydrogens (tertiary/aromatic N) is 4. The van der Waals surface area contributed by atoms with E-state index < -0.39 is 16.6 Å². The van der Waals surface area contributed by atoms with Gasteiger partial charge >= 0.3 is 0 Å². The molecule has 0 unspecified atom stereocenters. The molecule has 0 saturated carbocycles. The first-order valence-corrected chi connectivity index (χ1v) is 9.21. The van der Waals surface area contributed by atoms with Crippen LogP contribution < -0.4 is 5.32 Å². The van der Waals surface area contributed by atoms with Crippen LogP contribution in [0.1, 0.15) is 11.4 Å². The second-order valence-corrected chi connectivity index (χ2v) is 6.82. The van der Waals surface area contributed by atoms with Gasteiger partial charge < -0.3 is 9.88 Å². The Labute approximate surface area is 163 Å². The lowest BCUT2D eigenvalue weighted by Gasteiger charge is -2.07. The predicted octanol–water partition coefficient (Wildman–Crippen LogP) is 3.18. The maximum atomic E-state index is 13.8. The van der Waals surface area contributed by atoms with Gasteiger partial charge in [-0.2, -0.15) is 0 Å². The number of benzene rings is 2. The summed E-state index contributed by atoms with van der Waals surface area (Å²) < 4.78 is 15.6. The third kappa shape index (κ3) is 4.71. The van der Waals surface area contributed by atoms with Gasteiger partial charge in [-0.1, -0.05) is 42.1 Å². The van der Waals surface area contributed by atoms with Gasteiger partial charge in [-0.25, -0.2) is 4.39 Å². The van der Waals surface area contributed by atoms with Crippen molar-refractivity contribution in [3.05, 3.63) is 75.9 Å². The molecule has 3 aromatic rings. The quantitative estimate of drug-likeness (QED) is 0.371. The van der Waals surface area contributed by atoms with Crippen LogP contribution in [-0.2, 0) is 18.3 Å². The van der Waals surface area contributed by atoms with Crippen LogP contribution in [0, 0.1) is 15.9 Å². The van der Waals surface area contributed by atoms with Gasteiger partial charge in [0, 0.05) is 25.6 Å². The van der Waals surface area contributed by atoms with Crippen LogP contribution in [0.3, 0.4) is 0 Å². The van der Waals surface area contributed by atoms with Gasteiger partial charge in [-0.3, -0.25) is 14.9 Å². The summed E-state index contributed by atoms with van der Waals surface area (Å²) in [4.78, 5) is 22.2. The first-order valence-electron chi connectivity index (χ1n) is 8.23. The molecule has 3 rings (SSSR count). The predicted molar refractivity (Wildman–Crippen MR) is 103 cm³/mol. The van der Waals surface area contributed by atoms with Crippen molar-refractivity contribution in [3.8, 4) is 0 Å². The maximum Gasteiger partial charge on any atom is 0.271 e. The highest BCUT2D eigenvalue weighted by Gasteiger charge is 2.15. The number of rotatable bonds is 7. The fraction of sp³-hybridized carbons (Fsp3) is 0.167. The largest absolute Gasteiger partial charge is 0.323 e. The van der Waals surface area contributed by atoms with Crippen molar-refractivity contribution >= 4 is 29.0 Å². The minimum absolute atomic E-state index is 0.0422. The summed E-state index contributed by atoms with van der Waals surface area (Å²) in [5.41, 5.74) is 0.555. The minimum atomic E-state index is -0.743. The average molecular weight is 401 g/mol. The standard InChI is InChI=1S/C18H16FN5O3S/c1-23-16(9-12-5-3-2-4-6-12)21-22-18(23)28-11-17(25)20-15-10-13(24(26)27)7-8-14(15)19/h2-8,10H,9,11H2,1H3,(H,20,25). The lowest BCUT2D eigenvalue weighted by Crippen LogP contribution is -2.15. The van der Waals surface area contributed by atoms with Gasteiger partial charge in [-0.05, 0) is 11.6 Å². The minimum Gasteiger partial charge on any atom is -0.323 e. The molecule has 0 radical (unpaired) electrons. The van der Waals surface area contributed by atoms with E-state index in [1.54, 1.807) is 11.6 Å². The van der Waals surface area contributed by atoms with Crippen LogP contribution in [-0.4, -0.2) is 31.3 Å². The summed E-state index contributed by atoms with van der Waals surface area (Å²) >= 11 is 1.14. The third-order valence-electron chi connectivity index (χ3n) is 3.90. The van der Waals surface area contributed by atoms with Crippen molar-refractivity contribution in [1.82, 2.24) is 14.8 Å². The first-order chi connectivity index (χ1) is 13.4. The Morgan fingerprint density at radius 2 is 2.00 bits per heavy atom. The normalized spacial score (nSPS) is 10.6. The Morgan fingerprint density at radius 1 is 1.25 bits per heavy atom. The highest BCUT2D eigenvalue weighted by molar-refractivity contribution is 7.99. The first kappa shape index (κ1) is 19.5. The van der Waals surface area contributed by atoms with E-state index in [0.717, 1.165) is 41.3 Å². The van der Waals surface area contributed by atoms with Gasteiger partial charge in [0.2, 0.25) is 5.91 Å². The molecule has 1 heterocycles. The van der Waals surface area contributed by atoms with E-state index in [1.807, 2.05) is 30.3 Å². The number of hydrogen-bond acceptors (Lipinski definition) is 6. The van der Waals surface area contributed by atoms with Crippen molar-refractivity contribution in [2.24, 2.45) is 7.05 Å². The Kier molecular flexibility index (Phi) is 5.99. The number of nitro benzene ring substituents is 1. The molecular formula is C18H16FN5O3S. The van der Waals surface area contributed by atoms with Gasteiger partial charge in [0.25, 0.3) is 5.69 Å². The Bertz CT molecular complexity index is 1010. The van der Waals surface area contributed by atoms with E-state index in [1.165, 1.54) is 0 Å². The number of carbonyl (C=O) groups excluding carboxylic acids is 1. The van der Waals surface area contributed by atoms with E-state index in [9.17, 15) is 19.3 Å². The molecule has 0 aliphatic rings. The number of carbonyl (C=O) groups is 1. The number of nitrogens with one attached hydrogen (secondary N) is 1. The molecule has 0 aliphatic heterocycles. The number of anilines is 1. The van der Waals surface area contributed by atoms with Crippen LogP contribution >= 0.6 is 11.8 Å². The number of aromatic nitrogens is 3. The van der Waals surface area contributed by atoms with Crippen molar-refractivity contribution in [1.29, 1.82) is 0 Å². The lowest BCUT2D eigenvalue weighted by atomic mass is 10.1. The lowest BCUT2D eigenvalue weighted by molar-refractivity contribution is -0.384. The molecule has 0 fully saturated rings. The molecule has 0 spiro atoms. The molecule has 10 heteroatoms. The van der Waals surface area contributed by atoms with Crippen LogP contribution in [0.25, 0.3) is 0 Å². The van der Waals surface area contributed by atoms with E-state index in [-0.39, 0.29) is 17.1 Å². The van der Waals surface area contributed by atoms with Gasteiger partial charge in [0.05, 0.1) is 16.4 Å². The van der Waals surface area contributed by atoms with E-state index in [0.29, 0.717) is 11.6 Å². The monoisotopic (exact) mass is 401 g/mol. The smallest absolute Gasteiger partial charge is 0.271 e. The number of non-ortho nitro benzene ring substituents is 1. The van der Waals surface area contributed by atoms with Crippen LogP contribution in [0.15, 0.2) is 53.7 Å². The van der Waals surface area contributed by atoms with E-state index in [4.69, 9.17) is 0 Å². The zero-order chi connectivity index (χ0) is 20.1. The summed E-state index contributed by atoms with van der Waals surface area (Å²) in [6.45, 7) is 0. The maximum absolute atomic E-state index is 13.8. The highest BCUT2D eigenvalue weighted by Crippen LogP contribution is 2.22. The topological polar surface area (TPSA) is 103 Å². The SMILES string of the molecule is Cn1c(Cc2ccccc2)nnc1SCC(=O)Nc1cc([N+](=O)[O-])ccc1F. The van der Waals surface area contributed by atoms with E-state index >= 15 is 0 Å². The fourth-order valence-corrected chi connectivity index (χ4v) is 3.17. The molecule has 28 heavy (non-hydrogen) atoms. The fourth-order valence-electron chi connectivity index (χ4n) is 2.44. The van der Waals surface area contributed by atoms with E-state index in [2.05, 4.69) is 15.5 Å². The number of amides is 1. The van der Waals surface area contributed by atoms with Crippen molar-refractivity contribution in [3.63, 3.8) is 0 Å². The molecule has 1 N–H and O–H groups in total. The second kappa shape index (κ2) is 8.61. The molecule has 0 bridgehead atoms. The van der Waals surface area contributed by atoms with Crippen molar-refractivity contribution in [2.45, 2.75) is 11.6 Å². The van der Waals surface area contributed by atoms with Gasteiger partial charge in [0.15, 0.2) is 5.16 Å². The molecule has 2 aromatic carbocycles. The van der Waals surface area contributed by atoms with Crippen molar-refractivity contribution < 1.29 is 14.1 Å². The van der Waals surface area contributed by atoms with Gasteiger partial charge in [-0.15, -0.1) is 10.2 Å². The van der Waals surface area contributed by atoms with Crippen LogP contribution in [0.2, 0.25) is 0 Å². The van der Waals surface area contributed by atoms with Crippen molar-refractivity contribution in [2.75, 3.05) is 11.1 Å². The number of halogens is 1. The second-order valence-electron chi connectivity index (χ2n) is 5.88. The Balaban J connectivity index is 1.61. The molecular weight excluding hydrogens is 385 g/mol. The number of hydrogen-bond donors (Lipinski definition) is 1. The zero-order valence-electron chi connectivity index (χ0n) is 14.8. The zero-order valence-corrected chi connectivity index (χ0v) is 15.6. The van der Waals surface area contributed by atoms with Crippen LogP contribution in [0.4, 0.5) is 15.8 Å². The van der Waals surface area contributed by atoms with Crippen LogP contribution in [0.5, 0.6) is 0 Å². The summed E-state index contributed by atoms with van der Waals surface area (Å²) in [6.07, 6.45) is 0.607. The third-order valence-corrected chi connectivity index (χ3v) is 4.92. The summed E-state index contributed by atoms with van der Waals surface area (Å²) in [7, 11) is 1.80. The summed E-state index contributed by atoms with van der Waals surface area (Å²) in [5, 5.41) is 21.9. The number of thioether (sulfide) groups is 1. The average Bonchev–Trinajstić information content (AvgIpc) is 3.02. The molecule has 0 saturated heterocycles. The molecule has 0 aliphatic carbocycles. The Morgan fingerprint density at radius 3 is 2.71 bits per heavy atom. The molecule has 144 valence electrons. The summed E-state index contributed by atoms with van der Waals surface area (Å²) in [6, 6.07) is 12.8. The van der Waals surface area contributed by atoms with Gasteiger partial charge in [0.1, 0.15) is 11.6 Å². The molecule has 0 atom stereocenters. The summed E-state index contributed by atoms with van der Waals surface area (Å²) in [5.74, 6) is -0.539. The molecule has 1 amide bonds. The number of nitro groups is 1. The highest BCUT2D eigenvalue weighted by atomic mass is 32.2. The molecule has 1 aromatic heterocycles. The molecule has 8 nitrogen and oxygen atoms in total. The Hall–Kier alpha value is -3.27.